The lowest BCUT2D eigenvalue weighted by Crippen LogP contribution is -2.31. The second-order valence-corrected chi connectivity index (χ2v) is 4.97. The van der Waals surface area contributed by atoms with E-state index in [0.717, 1.165) is 31.6 Å². The van der Waals surface area contributed by atoms with Crippen LogP contribution >= 0.6 is 0 Å². The lowest BCUT2D eigenvalue weighted by molar-refractivity contribution is 0.0773. The predicted octanol–water partition coefficient (Wildman–Crippen LogP) is 1.78. The van der Waals surface area contributed by atoms with Gasteiger partial charge in [0.25, 0.3) is 5.91 Å². The fourth-order valence-electron chi connectivity index (χ4n) is 2.81. The minimum Gasteiger partial charge on any atom is -0.334 e. The lowest BCUT2D eigenvalue weighted by atomic mass is 10.1. The Labute approximate surface area is 102 Å². The van der Waals surface area contributed by atoms with E-state index in [4.69, 9.17) is 0 Å². The first kappa shape index (κ1) is 10.8. The topological polar surface area (TPSA) is 32.3 Å². The number of fused-ring (bicyclic) bond motifs is 1. The fraction of sp³-hybridized carbons (Fsp3) is 0.500. The first-order valence-corrected chi connectivity index (χ1v) is 6.45. The van der Waals surface area contributed by atoms with Gasteiger partial charge in [-0.3, -0.25) is 4.79 Å². The summed E-state index contributed by atoms with van der Waals surface area (Å²) in [6.45, 7) is 2.81. The van der Waals surface area contributed by atoms with Crippen molar-refractivity contribution in [2.75, 3.05) is 13.1 Å². The number of benzene rings is 1. The van der Waals surface area contributed by atoms with Crippen LogP contribution < -0.4 is 5.32 Å². The summed E-state index contributed by atoms with van der Waals surface area (Å²) in [5.74, 6) is 0.207. The Hall–Kier alpha value is -1.35. The van der Waals surface area contributed by atoms with Crippen molar-refractivity contribution in [3.05, 3.63) is 35.4 Å². The van der Waals surface area contributed by atoms with E-state index >= 15 is 0 Å². The first-order chi connectivity index (χ1) is 8.34. The zero-order valence-corrected chi connectivity index (χ0v) is 9.98. The fourth-order valence-corrected chi connectivity index (χ4v) is 2.81. The average molecular weight is 230 g/mol. The molecule has 1 fully saturated rings. The van der Waals surface area contributed by atoms with Crippen LogP contribution in [0.5, 0.6) is 0 Å². The predicted molar refractivity (Wildman–Crippen MR) is 66.8 cm³/mol. The van der Waals surface area contributed by atoms with Crippen molar-refractivity contribution in [1.82, 2.24) is 10.2 Å². The molecule has 1 amide bonds. The molecule has 2 heterocycles. The van der Waals surface area contributed by atoms with Gasteiger partial charge in [-0.1, -0.05) is 18.2 Å². The van der Waals surface area contributed by atoms with Crippen molar-refractivity contribution in [1.29, 1.82) is 0 Å². The quantitative estimate of drug-likeness (QED) is 0.858. The van der Waals surface area contributed by atoms with Crippen molar-refractivity contribution >= 4 is 5.91 Å². The maximum absolute atomic E-state index is 12.1. The van der Waals surface area contributed by atoms with Crippen molar-refractivity contribution in [3.8, 4) is 0 Å². The van der Waals surface area contributed by atoms with Gasteiger partial charge in [0.15, 0.2) is 0 Å². The molecule has 1 atom stereocenters. The van der Waals surface area contributed by atoms with E-state index in [1.807, 2.05) is 23.1 Å². The molecule has 90 valence electrons. The third kappa shape index (κ3) is 2.07. The largest absolute Gasteiger partial charge is 0.334 e. The maximum atomic E-state index is 12.1. The normalized spacial score (nSPS) is 23.2. The van der Waals surface area contributed by atoms with E-state index in [9.17, 15) is 4.79 Å². The van der Waals surface area contributed by atoms with Crippen LogP contribution in [0.4, 0.5) is 0 Å². The van der Waals surface area contributed by atoms with Crippen molar-refractivity contribution in [3.63, 3.8) is 0 Å². The third-order valence-electron chi connectivity index (χ3n) is 3.81. The molecule has 1 N–H and O–H groups in total. The summed E-state index contributed by atoms with van der Waals surface area (Å²) in [4.78, 5) is 14.1. The average Bonchev–Trinajstić information content (AvgIpc) is 2.96. The van der Waals surface area contributed by atoms with Gasteiger partial charge in [-0.2, -0.15) is 0 Å². The highest BCUT2D eigenvalue weighted by atomic mass is 16.2. The second-order valence-electron chi connectivity index (χ2n) is 4.97. The van der Waals surface area contributed by atoms with Crippen LogP contribution in [0, 0.1) is 0 Å². The number of carbonyl (C=O) groups is 1. The minimum absolute atomic E-state index is 0.207. The number of rotatable bonds is 3. The minimum atomic E-state index is 0.207. The van der Waals surface area contributed by atoms with Crippen molar-refractivity contribution < 1.29 is 4.79 Å². The summed E-state index contributed by atoms with van der Waals surface area (Å²) in [6.07, 6.45) is 3.62. The summed E-state index contributed by atoms with van der Waals surface area (Å²) in [7, 11) is 0. The van der Waals surface area contributed by atoms with Gasteiger partial charge >= 0.3 is 0 Å². The highest BCUT2D eigenvalue weighted by Gasteiger charge is 2.27. The Morgan fingerprint density at radius 3 is 3.00 bits per heavy atom. The Morgan fingerprint density at radius 1 is 1.35 bits per heavy atom. The molecule has 1 aromatic rings. The van der Waals surface area contributed by atoms with E-state index in [0.29, 0.717) is 6.04 Å². The molecule has 17 heavy (non-hydrogen) atoms. The van der Waals surface area contributed by atoms with Crippen LogP contribution in [-0.4, -0.2) is 29.9 Å². The summed E-state index contributed by atoms with van der Waals surface area (Å²) in [6, 6.07) is 8.56. The van der Waals surface area contributed by atoms with Crippen molar-refractivity contribution in [2.24, 2.45) is 0 Å². The number of amides is 1. The molecule has 2 aliphatic rings. The summed E-state index contributed by atoms with van der Waals surface area (Å²) in [5.41, 5.74) is 2.07. The zero-order valence-electron chi connectivity index (χ0n) is 9.98. The van der Waals surface area contributed by atoms with E-state index in [2.05, 4.69) is 11.4 Å². The molecule has 0 bridgehead atoms. The summed E-state index contributed by atoms with van der Waals surface area (Å²) >= 11 is 0. The van der Waals surface area contributed by atoms with Crippen LogP contribution in [-0.2, 0) is 6.54 Å². The van der Waals surface area contributed by atoms with Gasteiger partial charge in [-0.25, -0.2) is 0 Å². The smallest absolute Gasteiger partial charge is 0.254 e. The van der Waals surface area contributed by atoms with Crippen molar-refractivity contribution in [2.45, 2.75) is 31.8 Å². The van der Waals surface area contributed by atoms with E-state index in [1.165, 1.54) is 18.4 Å². The number of nitrogens with zero attached hydrogens (tertiary/aromatic N) is 1. The van der Waals surface area contributed by atoms with E-state index in [1.54, 1.807) is 0 Å². The second kappa shape index (κ2) is 4.49. The molecule has 3 nitrogen and oxygen atoms in total. The maximum Gasteiger partial charge on any atom is 0.254 e. The lowest BCUT2D eigenvalue weighted by Gasteiger charge is -2.18. The molecule has 3 heteroatoms. The highest BCUT2D eigenvalue weighted by molar-refractivity contribution is 5.98. The van der Waals surface area contributed by atoms with Gasteiger partial charge in [-0.15, -0.1) is 0 Å². The molecule has 3 rings (SSSR count). The standard InChI is InChI=1S/C14H18N2O/c17-14-13-6-2-1-4-11(13)10-16(14)9-7-12-5-3-8-15-12/h1-2,4,6,12,15H,3,5,7-10H2. The molecular weight excluding hydrogens is 212 g/mol. The molecule has 0 spiro atoms. The Kier molecular flexibility index (Phi) is 2.85. The van der Waals surface area contributed by atoms with Crippen LogP contribution in [0.2, 0.25) is 0 Å². The highest BCUT2D eigenvalue weighted by Crippen LogP contribution is 2.23. The molecule has 2 aliphatic heterocycles. The summed E-state index contributed by atoms with van der Waals surface area (Å²) in [5, 5.41) is 3.48. The molecule has 0 aliphatic carbocycles. The van der Waals surface area contributed by atoms with Gasteiger partial charge < -0.3 is 10.2 Å². The van der Waals surface area contributed by atoms with Crippen LogP contribution in [0.25, 0.3) is 0 Å². The Morgan fingerprint density at radius 2 is 2.24 bits per heavy atom. The Balaban J connectivity index is 1.61. The van der Waals surface area contributed by atoms with Crippen LogP contribution in [0.15, 0.2) is 24.3 Å². The molecule has 0 radical (unpaired) electrons. The molecule has 1 saturated heterocycles. The number of hydrogen-bond donors (Lipinski definition) is 1. The number of nitrogens with one attached hydrogen (secondary N) is 1. The van der Waals surface area contributed by atoms with E-state index in [-0.39, 0.29) is 5.91 Å². The monoisotopic (exact) mass is 230 g/mol. The van der Waals surface area contributed by atoms with Crippen LogP contribution in [0.1, 0.15) is 35.2 Å². The third-order valence-corrected chi connectivity index (χ3v) is 3.81. The van der Waals surface area contributed by atoms with E-state index < -0.39 is 0 Å². The number of carbonyl (C=O) groups excluding carboxylic acids is 1. The Bertz CT molecular complexity index is 424. The van der Waals surface area contributed by atoms with Gasteiger partial charge in [0, 0.05) is 24.7 Å². The molecule has 0 saturated carbocycles. The molecule has 1 unspecified atom stereocenters. The molecule has 0 aromatic heterocycles. The van der Waals surface area contributed by atoms with Gasteiger partial charge in [0.1, 0.15) is 0 Å². The van der Waals surface area contributed by atoms with Crippen LogP contribution in [0.3, 0.4) is 0 Å². The first-order valence-electron chi connectivity index (χ1n) is 6.45. The SMILES string of the molecule is O=C1c2ccccc2CN1CCC1CCCN1. The van der Waals surface area contributed by atoms with Gasteiger partial charge in [0.2, 0.25) is 0 Å². The number of hydrogen-bond acceptors (Lipinski definition) is 2. The summed E-state index contributed by atoms with van der Waals surface area (Å²) < 4.78 is 0. The van der Waals surface area contributed by atoms with Gasteiger partial charge in [0.05, 0.1) is 0 Å². The molecule has 1 aromatic carbocycles. The van der Waals surface area contributed by atoms with Gasteiger partial charge in [-0.05, 0) is 37.4 Å². The zero-order chi connectivity index (χ0) is 11.7. The molecular formula is C14H18N2O.